The predicted molar refractivity (Wildman–Crippen MR) is 50.3 cm³/mol. The van der Waals surface area contributed by atoms with Gasteiger partial charge in [0, 0.05) is 26.4 Å². The minimum Gasteiger partial charge on any atom is -0.393 e. The summed E-state index contributed by atoms with van der Waals surface area (Å²) in [6.45, 7) is 0. The number of hydrogen-bond donors (Lipinski definition) is 1. The van der Waals surface area contributed by atoms with Crippen molar-refractivity contribution >= 4 is 0 Å². The SMILES string of the molecule is COC1C[C@H]2C[C@H](O)C[C@@H]1[N+]2(C)C. The van der Waals surface area contributed by atoms with Crippen molar-refractivity contribution in [3.05, 3.63) is 0 Å². The van der Waals surface area contributed by atoms with E-state index in [1.165, 1.54) is 0 Å². The van der Waals surface area contributed by atoms with E-state index < -0.39 is 0 Å². The first-order valence-corrected chi connectivity index (χ1v) is 5.10. The lowest BCUT2D eigenvalue weighted by Gasteiger charge is -2.43. The lowest BCUT2D eigenvalue weighted by molar-refractivity contribution is -0.933. The molecule has 0 aromatic rings. The normalized spacial score (nSPS) is 48.0. The van der Waals surface area contributed by atoms with Crippen molar-refractivity contribution in [1.82, 2.24) is 0 Å². The van der Waals surface area contributed by atoms with Gasteiger partial charge in [0.2, 0.25) is 0 Å². The number of likely N-dealkylation sites (N-methyl/N-ethyl adjacent to an activating group) is 1. The molecule has 2 fully saturated rings. The smallest absolute Gasteiger partial charge is 0.118 e. The fraction of sp³-hybridized carbons (Fsp3) is 1.00. The second-order valence-corrected chi connectivity index (χ2v) is 4.99. The van der Waals surface area contributed by atoms with Crippen molar-refractivity contribution in [2.24, 2.45) is 0 Å². The van der Waals surface area contributed by atoms with Crippen LogP contribution in [0.15, 0.2) is 0 Å². The van der Waals surface area contributed by atoms with Crippen LogP contribution in [0.4, 0.5) is 0 Å². The van der Waals surface area contributed by atoms with Crippen molar-refractivity contribution in [1.29, 1.82) is 0 Å². The van der Waals surface area contributed by atoms with Crippen LogP contribution < -0.4 is 0 Å². The molecule has 0 aromatic carbocycles. The van der Waals surface area contributed by atoms with Gasteiger partial charge >= 0.3 is 0 Å². The van der Waals surface area contributed by atoms with Crippen molar-refractivity contribution in [3.8, 4) is 0 Å². The van der Waals surface area contributed by atoms with Crippen molar-refractivity contribution in [2.45, 2.75) is 43.6 Å². The van der Waals surface area contributed by atoms with Gasteiger partial charge in [0.15, 0.2) is 0 Å². The van der Waals surface area contributed by atoms with Crippen LogP contribution >= 0.6 is 0 Å². The van der Waals surface area contributed by atoms with E-state index in [9.17, 15) is 5.11 Å². The number of rotatable bonds is 1. The van der Waals surface area contributed by atoms with Crippen LogP contribution in [0.5, 0.6) is 0 Å². The van der Waals surface area contributed by atoms with E-state index in [4.69, 9.17) is 4.74 Å². The lowest BCUT2D eigenvalue weighted by atomic mass is 9.98. The number of ether oxygens (including phenoxy) is 1. The third-order valence-electron chi connectivity index (χ3n) is 4.09. The number of methoxy groups -OCH3 is 1. The van der Waals surface area contributed by atoms with Gasteiger partial charge in [-0.15, -0.1) is 0 Å². The molecule has 0 spiro atoms. The molecule has 13 heavy (non-hydrogen) atoms. The van der Waals surface area contributed by atoms with E-state index >= 15 is 0 Å². The first-order valence-electron chi connectivity index (χ1n) is 5.10. The highest BCUT2D eigenvalue weighted by atomic mass is 16.5. The maximum absolute atomic E-state index is 9.67. The molecule has 2 rings (SSSR count). The molecule has 2 heterocycles. The van der Waals surface area contributed by atoms with Crippen LogP contribution in [0.3, 0.4) is 0 Å². The number of piperidine rings is 1. The number of nitrogens with zero attached hydrogens (tertiary/aromatic N) is 1. The van der Waals surface area contributed by atoms with E-state index in [-0.39, 0.29) is 6.10 Å². The summed E-state index contributed by atoms with van der Waals surface area (Å²) in [6.07, 6.45) is 3.23. The van der Waals surface area contributed by atoms with E-state index in [1.54, 1.807) is 7.11 Å². The average molecular weight is 186 g/mol. The summed E-state index contributed by atoms with van der Waals surface area (Å²) in [5.74, 6) is 0. The first-order chi connectivity index (χ1) is 6.05. The van der Waals surface area contributed by atoms with Gasteiger partial charge < -0.3 is 14.3 Å². The molecule has 0 aliphatic carbocycles. The van der Waals surface area contributed by atoms with E-state index in [2.05, 4.69) is 14.1 Å². The molecule has 2 aliphatic heterocycles. The molecule has 3 nitrogen and oxygen atoms in total. The largest absolute Gasteiger partial charge is 0.393 e. The Labute approximate surface area is 79.9 Å². The maximum atomic E-state index is 9.67. The van der Waals surface area contributed by atoms with E-state index in [1.807, 2.05) is 0 Å². The Balaban J connectivity index is 2.21. The molecule has 76 valence electrons. The van der Waals surface area contributed by atoms with Crippen LogP contribution in [0.2, 0.25) is 0 Å². The Morgan fingerprint density at radius 1 is 1.23 bits per heavy atom. The summed E-state index contributed by atoms with van der Waals surface area (Å²) in [5.41, 5.74) is 0. The summed E-state index contributed by atoms with van der Waals surface area (Å²) in [4.78, 5) is 0. The molecular weight excluding hydrogens is 166 g/mol. The third-order valence-corrected chi connectivity index (χ3v) is 4.09. The Morgan fingerprint density at radius 3 is 2.54 bits per heavy atom. The van der Waals surface area contributed by atoms with Crippen LogP contribution in [-0.4, -0.2) is 55.1 Å². The molecule has 0 saturated carbocycles. The fourth-order valence-electron chi connectivity index (χ4n) is 3.13. The van der Waals surface area contributed by atoms with Crippen molar-refractivity contribution in [2.75, 3.05) is 21.2 Å². The Bertz CT molecular complexity index is 205. The summed E-state index contributed by atoms with van der Waals surface area (Å²) >= 11 is 0. The number of quaternary nitrogens is 1. The molecular formula is C10H20NO2+. The van der Waals surface area contributed by atoms with Gasteiger partial charge in [-0.1, -0.05) is 0 Å². The third kappa shape index (κ3) is 1.30. The number of hydrogen-bond acceptors (Lipinski definition) is 2. The Morgan fingerprint density at radius 2 is 1.92 bits per heavy atom. The van der Waals surface area contributed by atoms with Crippen LogP contribution in [0.1, 0.15) is 19.3 Å². The summed E-state index contributed by atoms with van der Waals surface area (Å²) < 4.78 is 6.52. The summed E-state index contributed by atoms with van der Waals surface area (Å²) in [6, 6.07) is 1.09. The lowest BCUT2D eigenvalue weighted by Crippen LogP contribution is -2.57. The van der Waals surface area contributed by atoms with Crippen LogP contribution in [0.25, 0.3) is 0 Å². The molecule has 2 aliphatic rings. The molecule has 0 aromatic heterocycles. The second kappa shape index (κ2) is 2.94. The van der Waals surface area contributed by atoms with Gasteiger partial charge in [-0.05, 0) is 0 Å². The number of aliphatic hydroxyl groups excluding tert-OH is 1. The topological polar surface area (TPSA) is 29.5 Å². The van der Waals surface area contributed by atoms with E-state index in [0.717, 1.165) is 23.7 Å². The Kier molecular flexibility index (Phi) is 2.13. The van der Waals surface area contributed by atoms with E-state index in [0.29, 0.717) is 18.2 Å². The van der Waals surface area contributed by atoms with Crippen LogP contribution in [-0.2, 0) is 4.74 Å². The average Bonchev–Trinajstić information content (AvgIpc) is 2.22. The molecule has 0 amide bonds. The fourth-order valence-corrected chi connectivity index (χ4v) is 3.13. The number of fused-ring (bicyclic) bond motifs is 2. The zero-order chi connectivity index (χ0) is 9.64. The van der Waals surface area contributed by atoms with Crippen molar-refractivity contribution in [3.63, 3.8) is 0 Å². The molecule has 3 heteroatoms. The van der Waals surface area contributed by atoms with Gasteiger partial charge in [-0.2, -0.15) is 0 Å². The molecule has 2 saturated heterocycles. The zero-order valence-electron chi connectivity index (χ0n) is 8.73. The minimum absolute atomic E-state index is 0.0960. The number of aliphatic hydroxyl groups is 1. The van der Waals surface area contributed by atoms with Gasteiger partial charge in [-0.3, -0.25) is 0 Å². The molecule has 4 atom stereocenters. The van der Waals surface area contributed by atoms with Gasteiger partial charge in [0.25, 0.3) is 0 Å². The molecule has 1 N–H and O–H groups in total. The second-order valence-electron chi connectivity index (χ2n) is 4.99. The summed E-state index contributed by atoms with van der Waals surface area (Å²) in [7, 11) is 6.32. The van der Waals surface area contributed by atoms with Gasteiger partial charge in [0.1, 0.15) is 12.1 Å². The highest BCUT2D eigenvalue weighted by molar-refractivity contribution is 4.91. The quantitative estimate of drug-likeness (QED) is 0.600. The van der Waals surface area contributed by atoms with Gasteiger partial charge in [-0.25, -0.2) is 0 Å². The standard InChI is InChI=1S/C10H20NO2/c1-11(2)7-4-8(12)6-9(11)10(5-7)13-3/h7-10,12H,4-6H2,1-3H3/q+1/t7-,8+,9+,10?/m1/s1. The van der Waals surface area contributed by atoms with Crippen molar-refractivity contribution < 1.29 is 14.3 Å². The highest BCUT2D eigenvalue weighted by Gasteiger charge is 2.54. The molecule has 2 bridgehead atoms. The molecule has 0 radical (unpaired) electrons. The minimum atomic E-state index is -0.0960. The maximum Gasteiger partial charge on any atom is 0.118 e. The Hall–Kier alpha value is -0.120. The predicted octanol–water partition coefficient (Wildman–Crippen LogP) is 0.373. The monoisotopic (exact) mass is 186 g/mol. The molecule has 1 unspecified atom stereocenters. The summed E-state index contributed by atoms with van der Waals surface area (Å²) in [5, 5.41) is 9.67. The van der Waals surface area contributed by atoms with Gasteiger partial charge in [0.05, 0.1) is 26.2 Å². The zero-order valence-corrected chi connectivity index (χ0v) is 8.73. The van der Waals surface area contributed by atoms with Crippen LogP contribution in [0, 0.1) is 0 Å². The first kappa shape index (κ1) is 9.44. The highest BCUT2D eigenvalue weighted by Crippen LogP contribution is 2.40.